The first kappa shape index (κ1) is 29.1. The molecule has 3 aliphatic heterocycles. The summed E-state index contributed by atoms with van der Waals surface area (Å²) in [5.74, 6) is -2.83. The summed E-state index contributed by atoms with van der Waals surface area (Å²) in [7, 11) is 0. The molecule has 7 rings (SSSR count). The van der Waals surface area contributed by atoms with E-state index in [1.807, 2.05) is 60.7 Å². The minimum atomic E-state index is -1.45. The Balaban J connectivity index is 1.31. The summed E-state index contributed by atoms with van der Waals surface area (Å²) in [5.41, 5.74) is 2.03. The molecule has 46 heavy (non-hydrogen) atoms. The van der Waals surface area contributed by atoms with Crippen LogP contribution in [0.25, 0.3) is 0 Å². The SMILES string of the molecule is O=C(OC(c1ccccc1)c1ccccc1)C1COCC2c3cccc([N+](=O)[O-])c3CC(N3C(=O)c4ccccc4C3=O)C(=O)N12. The largest absolute Gasteiger partial charge is 0.451 e. The van der Waals surface area contributed by atoms with Crippen LogP contribution in [0, 0.1) is 10.1 Å². The van der Waals surface area contributed by atoms with Crippen molar-refractivity contribution in [3.63, 3.8) is 0 Å². The first-order valence-electron chi connectivity index (χ1n) is 14.8. The Hall–Kier alpha value is -5.68. The molecule has 0 bridgehead atoms. The minimum Gasteiger partial charge on any atom is -0.451 e. The number of hydrogen-bond acceptors (Lipinski definition) is 8. The van der Waals surface area contributed by atoms with Crippen LogP contribution in [0.4, 0.5) is 5.69 Å². The van der Waals surface area contributed by atoms with Crippen molar-refractivity contribution in [2.45, 2.75) is 30.7 Å². The number of morpholine rings is 1. The summed E-state index contributed by atoms with van der Waals surface area (Å²) in [6.45, 7) is -0.268. The van der Waals surface area contributed by atoms with Crippen LogP contribution in [-0.4, -0.2) is 63.7 Å². The van der Waals surface area contributed by atoms with E-state index in [0.717, 1.165) is 4.90 Å². The molecule has 1 fully saturated rings. The van der Waals surface area contributed by atoms with Gasteiger partial charge in [0.2, 0.25) is 5.91 Å². The minimum absolute atomic E-state index is 0.0562. The molecular weight excluding hydrogens is 590 g/mol. The van der Waals surface area contributed by atoms with Gasteiger partial charge in [-0.15, -0.1) is 0 Å². The fourth-order valence-corrected chi connectivity index (χ4v) is 6.62. The van der Waals surface area contributed by atoms with Crippen LogP contribution in [0.2, 0.25) is 0 Å². The molecule has 230 valence electrons. The Morgan fingerprint density at radius 3 is 1.96 bits per heavy atom. The normalized spacial score (nSPS) is 20.5. The van der Waals surface area contributed by atoms with E-state index < -0.39 is 52.8 Å². The van der Waals surface area contributed by atoms with Crippen LogP contribution < -0.4 is 0 Å². The van der Waals surface area contributed by atoms with Gasteiger partial charge < -0.3 is 14.4 Å². The zero-order valence-electron chi connectivity index (χ0n) is 24.4. The van der Waals surface area contributed by atoms with E-state index in [9.17, 15) is 29.3 Å². The Labute approximate surface area is 263 Å². The summed E-state index contributed by atoms with van der Waals surface area (Å²) in [6.07, 6.45) is -1.11. The lowest BCUT2D eigenvalue weighted by Gasteiger charge is -2.42. The maximum absolute atomic E-state index is 14.6. The first-order chi connectivity index (χ1) is 22.3. The van der Waals surface area contributed by atoms with E-state index in [4.69, 9.17) is 9.47 Å². The van der Waals surface area contributed by atoms with Gasteiger partial charge >= 0.3 is 5.97 Å². The number of carbonyl (C=O) groups excluding carboxylic acids is 4. The van der Waals surface area contributed by atoms with Gasteiger partial charge in [-0.2, -0.15) is 0 Å². The molecule has 0 saturated carbocycles. The van der Waals surface area contributed by atoms with Crippen LogP contribution in [0.1, 0.15) is 55.1 Å². The highest BCUT2D eigenvalue weighted by atomic mass is 16.6. The number of rotatable bonds is 6. The molecule has 11 heteroatoms. The van der Waals surface area contributed by atoms with E-state index in [-0.39, 0.29) is 42.0 Å². The number of benzene rings is 4. The molecule has 0 aromatic heterocycles. The number of nitro groups is 1. The molecule has 3 amide bonds. The summed E-state index contributed by atoms with van der Waals surface area (Å²) in [6, 6.07) is 25.4. The van der Waals surface area contributed by atoms with Crippen LogP contribution in [0.15, 0.2) is 103 Å². The number of hydrogen-bond donors (Lipinski definition) is 0. The smallest absolute Gasteiger partial charge is 0.332 e. The standard InChI is InChI=1S/C35H27N3O8/c39-32-24-14-7-8-15-25(24)33(40)37(32)28-18-26-23(16-9-17-27(26)38(43)44)29-19-45-20-30(36(29)34(28)41)35(42)46-31(21-10-3-1-4-11-21)22-12-5-2-6-13-22/h1-17,28-31H,18-20H2. The molecule has 3 atom stereocenters. The molecular formula is C35H27N3O8. The summed E-state index contributed by atoms with van der Waals surface area (Å²) >= 11 is 0. The molecule has 3 heterocycles. The number of esters is 1. The lowest BCUT2D eigenvalue weighted by atomic mass is 9.95. The predicted octanol–water partition coefficient (Wildman–Crippen LogP) is 4.42. The second-order valence-electron chi connectivity index (χ2n) is 11.3. The van der Waals surface area contributed by atoms with Crippen molar-refractivity contribution in [3.05, 3.63) is 147 Å². The summed E-state index contributed by atoms with van der Waals surface area (Å²) in [5, 5.41) is 12.2. The second-order valence-corrected chi connectivity index (χ2v) is 11.3. The third kappa shape index (κ3) is 4.81. The van der Waals surface area contributed by atoms with Crippen molar-refractivity contribution < 1.29 is 33.6 Å². The first-order valence-corrected chi connectivity index (χ1v) is 14.8. The highest BCUT2D eigenvalue weighted by Crippen LogP contribution is 2.41. The number of amides is 3. The Kier molecular flexibility index (Phi) is 7.37. The lowest BCUT2D eigenvalue weighted by molar-refractivity contribution is -0.385. The molecule has 0 radical (unpaired) electrons. The molecule has 3 aliphatic rings. The predicted molar refractivity (Wildman–Crippen MR) is 163 cm³/mol. The lowest BCUT2D eigenvalue weighted by Crippen LogP contribution is -2.59. The van der Waals surface area contributed by atoms with Gasteiger partial charge in [-0.3, -0.25) is 29.4 Å². The van der Waals surface area contributed by atoms with Crippen molar-refractivity contribution in [2.24, 2.45) is 0 Å². The Morgan fingerprint density at radius 1 is 0.783 bits per heavy atom. The van der Waals surface area contributed by atoms with Gasteiger partial charge in [-0.25, -0.2) is 4.79 Å². The fraction of sp³-hybridized carbons (Fsp3) is 0.200. The van der Waals surface area contributed by atoms with Gasteiger partial charge in [0.25, 0.3) is 17.5 Å². The van der Waals surface area contributed by atoms with E-state index in [2.05, 4.69) is 0 Å². The maximum Gasteiger partial charge on any atom is 0.332 e. The van der Waals surface area contributed by atoms with E-state index in [1.54, 1.807) is 18.2 Å². The average molecular weight is 618 g/mol. The highest BCUT2D eigenvalue weighted by molar-refractivity contribution is 6.23. The number of nitro benzene ring substituents is 1. The van der Waals surface area contributed by atoms with Gasteiger partial charge in [0.1, 0.15) is 6.04 Å². The highest BCUT2D eigenvalue weighted by Gasteiger charge is 2.52. The van der Waals surface area contributed by atoms with Crippen molar-refractivity contribution in [2.75, 3.05) is 13.2 Å². The molecule has 1 saturated heterocycles. The van der Waals surface area contributed by atoms with Gasteiger partial charge in [0.15, 0.2) is 12.1 Å². The topological polar surface area (TPSA) is 136 Å². The van der Waals surface area contributed by atoms with Crippen LogP contribution in [0.5, 0.6) is 0 Å². The Bertz CT molecular complexity index is 1800. The van der Waals surface area contributed by atoms with Crippen molar-refractivity contribution in [3.8, 4) is 0 Å². The van der Waals surface area contributed by atoms with Crippen LogP contribution >= 0.6 is 0 Å². The molecule has 3 unspecified atom stereocenters. The number of ether oxygens (including phenoxy) is 2. The molecule has 4 aromatic carbocycles. The van der Waals surface area contributed by atoms with Crippen molar-refractivity contribution >= 4 is 29.4 Å². The quantitative estimate of drug-likeness (QED) is 0.134. The molecule has 0 spiro atoms. The molecule has 11 nitrogen and oxygen atoms in total. The van der Waals surface area contributed by atoms with Gasteiger partial charge in [0.05, 0.1) is 35.3 Å². The number of fused-ring (bicyclic) bond motifs is 4. The third-order valence-electron chi connectivity index (χ3n) is 8.75. The van der Waals surface area contributed by atoms with Gasteiger partial charge in [-0.1, -0.05) is 84.9 Å². The van der Waals surface area contributed by atoms with E-state index in [1.165, 1.54) is 29.2 Å². The summed E-state index contributed by atoms with van der Waals surface area (Å²) < 4.78 is 12.0. The summed E-state index contributed by atoms with van der Waals surface area (Å²) in [4.78, 5) is 69.8. The van der Waals surface area contributed by atoms with E-state index >= 15 is 0 Å². The monoisotopic (exact) mass is 617 g/mol. The third-order valence-corrected chi connectivity index (χ3v) is 8.75. The molecule has 4 aromatic rings. The zero-order chi connectivity index (χ0) is 31.9. The number of carbonyl (C=O) groups is 4. The van der Waals surface area contributed by atoms with Crippen molar-refractivity contribution in [1.29, 1.82) is 0 Å². The van der Waals surface area contributed by atoms with Gasteiger partial charge in [0, 0.05) is 18.1 Å². The van der Waals surface area contributed by atoms with E-state index in [0.29, 0.717) is 16.7 Å². The van der Waals surface area contributed by atoms with Crippen molar-refractivity contribution in [1.82, 2.24) is 9.80 Å². The molecule has 0 aliphatic carbocycles. The average Bonchev–Trinajstić information content (AvgIpc) is 3.26. The van der Waals surface area contributed by atoms with Gasteiger partial charge in [-0.05, 0) is 28.8 Å². The number of imide groups is 1. The molecule has 0 N–H and O–H groups in total. The van der Waals surface area contributed by atoms with Crippen LogP contribution in [0.3, 0.4) is 0 Å². The zero-order valence-corrected chi connectivity index (χ0v) is 24.4. The fourth-order valence-electron chi connectivity index (χ4n) is 6.62. The Morgan fingerprint density at radius 2 is 1.37 bits per heavy atom. The number of nitrogens with zero attached hydrogens (tertiary/aromatic N) is 3. The second kappa shape index (κ2) is 11.7. The maximum atomic E-state index is 14.6. The van der Waals surface area contributed by atoms with Crippen LogP contribution in [-0.2, 0) is 25.5 Å².